The third-order valence-corrected chi connectivity index (χ3v) is 5.62. The van der Waals surface area contributed by atoms with Crippen LogP contribution in [0.1, 0.15) is 10.4 Å². The highest BCUT2D eigenvalue weighted by Gasteiger charge is 2.16. The molecule has 0 bridgehead atoms. The first kappa shape index (κ1) is 19.7. The van der Waals surface area contributed by atoms with Crippen molar-refractivity contribution >= 4 is 39.2 Å². The van der Waals surface area contributed by atoms with E-state index < -0.39 is 5.63 Å². The van der Waals surface area contributed by atoms with Crippen molar-refractivity contribution in [1.29, 1.82) is 0 Å². The van der Waals surface area contributed by atoms with E-state index in [1.807, 2.05) is 48.5 Å². The van der Waals surface area contributed by atoms with Crippen LogP contribution in [-0.4, -0.2) is 15.5 Å². The Morgan fingerprint density at radius 1 is 0.969 bits per heavy atom. The van der Waals surface area contributed by atoms with E-state index in [2.05, 4.69) is 15.3 Å². The molecule has 0 unspecified atom stereocenters. The van der Waals surface area contributed by atoms with Gasteiger partial charge < -0.3 is 9.73 Å². The van der Waals surface area contributed by atoms with Crippen LogP contribution in [0.25, 0.3) is 16.1 Å². The van der Waals surface area contributed by atoms with Gasteiger partial charge in [0.05, 0.1) is 10.4 Å². The number of pyridine rings is 1. The Balaban J connectivity index is 1.67. The minimum absolute atomic E-state index is 0.0669. The molecule has 0 aliphatic rings. The van der Waals surface area contributed by atoms with Crippen molar-refractivity contribution in [3.05, 3.63) is 112 Å². The molecule has 5 rings (SSSR count). The van der Waals surface area contributed by atoms with Crippen molar-refractivity contribution < 1.29 is 9.21 Å². The third kappa shape index (κ3) is 3.86. The van der Waals surface area contributed by atoms with Crippen molar-refractivity contribution in [2.75, 3.05) is 5.32 Å². The third-order valence-electron chi connectivity index (χ3n) is 4.65. The predicted molar refractivity (Wildman–Crippen MR) is 124 cm³/mol. The van der Waals surface area contributed by atoms with Crippen molar-refractivity contribution in [1.82, 2.24) is 9.55 Å². The van der Waals surface area contributed by atoms with Crippen LogP contribution in [0.2, 0.25) is 0 Å². The number of nitrogens with zero attached hydrogens (tertiary/aromatic N) is 3. The van der Waals surface area contributed by atoms with Crippen LogP contribution in [0.15, 0.2) is 105 Å². The SMILES string of the molecule is O=C(Nc1cc2sc(=Nc3ccccn3)n(-c3ccccc3)c2oc1=O)c1ccccc1. The summed E-state index contributed by atoms with van der Waals surface area (Å²) in [6, 6.07) is 25.2. The average Bonchev–Trinajstić information content (AvgIpc) is 3.17. The number of aromatic nitrogens is 2. The van der Waals surface area contributed by atoms with Gasteiger partial charge in [-0.05, 0) is 42.5 Å². The van der Waals surface area contributed by atoms with Gasteiger partial charge in [0.2, 0.25) is 5.71 Å². The van der Waals surface area contributed by atoms with Crippen molar-refractivity contribution in [2.45, 2.75) is 0 Å². The van der Waals surface area contributed by atoms with Crippen molar-refractivity contribution in [3.8, 4) is 5.69 Å². The lowest BCUT2D eigenvalue weighted by molar-refractivity contribution is 0.102. The molecular formula is C24H16N4O3S. The van der Waals surface area contributed by atoms with Gasteiger partial charge >= 0.3 is 5.63 Å². The molecule has 0 spiro atoms. The number of fused-ring (bicyclic) bond motifs is 1. The lowest BCUT2D eigenvalue weighted by Gasteiger charge is -2.06. The maximum Gasteiger partial charge on any atom is 0.361 e. The van der Waals surface area contributed by atoms with Gasteiger partial charge in [0, 0.05) is 11.8 Å². The first-order valence-electron chi connectivity index (χ1n) is 9.76. The first-order valence-corrected chi connectivity index (χ1v) is 10.6. The molecule has 0 saturated heterocycles. The molecule has 0 atom stereocenters. The largest absolute Gasteiger partial charge is 0.403 e. The Kier molecular flexibility index (Phi) is 5.19. The lowest BCUT2D eigenvalue weighted by Crippen LogP contribution is -2.18. The summed E-state index contributed by atoms with van der Waals surface area (Å²) < 4.78 is 8.08. The highest BCUT2D eigenvalue weighted by molar-refractivity contribution is 7.16. The topological polar surface area (TPSA) is 89.5 Å². The van der Waals surface area contributed by atoms with E-state index in [1.54, 1.807) is 47.2 Å². The van der Waals surface area contributed by atoms with Crippen LogP contribution in [0.4, 0.5) is 11.5 Å². The second-order valence-corrected chi connectivity index (χ2v) is 7.80. The van der Waals surface area contributed by atoms with Gasteiger partial charge in [-0.1, -0.05) is 53.8 Å². The number of carbonyl (C=O) groups is 1. The molecule has 3 aromatic heterocycles. The van der Waals surface area contributed by atoms with Gasteiger partial charge in [-0.25, -0.2) is 14.8 Å². The Hall–Kier alpha value is -4.30. The maximum absolute atomic E-state index is 12.7. The summed E-state index contributed by atoms with van der Waals surface area (Å²) in [5, 5.41) is 2.65. The minimum Gasteiger partial charge on any atom is -0.403 e. The van der Waals surface area contributed by atoms with Gasteiger partial charge in [-0.2, -0.15) is 0 Å². The van der Waals surface area contributed by atoms with E-state index in [4.69, 9.17) is 4.42 Å². The van der Waals surface area contributed by atoms with Crippen molar-refractivity contribution in [2.24, 2.45) is 4.99 Å². The molecule has 32 heavy (non-hydrogen) atoms. The Morgan fingerprint density at radius 2 is 1.69 bits per heavy atom. The molecule has 0 fully saturated rings. The summed E-state index contributed by atoms with van der Waals surface area (Å²) in [6.07, 6.45) is 1.66. The quantitative estimate of drug-likeness (QED) is 0.445. The van der Waals surface area contributed by atoms with Gasteiger partial charge in [0.25, 0.3) is 5.91 Å². The number of para-hydroxylation sites is 1. The summed E-state index contributed by atoms with van der Waals surface area (Å²) in [4.78, 5) is 34.7. The molecule has 5 aromatic rings. The van der Waals surface area contributed by atoms with Crippen LogP contribution in [0, 0.1) is 0 Å². The first-order chi connectivity index (χ1) is 15.7. The maximum atomic E-state index is 12.7. The zero-order valence-corrected chi connectivity index (χ0v) is 17.5. The molecule has 7 nitrogen and oxygen atoms in total. The van der Waals surface area contributed by atoms with E-state index in [0.29, 0.717) is 26.6 Å². The molecule has 0 saturated carbocycles. The van der Waals surface area contributed by atoms with Crippen LogP contribution in [-0.2, 0) is 0 Å². The average molecular weight is 440 g/mol. The van der Waals surface area contributed by atoms with Gasteiger partial charge in [-0.3, -0.25) is 9.36 Å². The van der Waals surface area contributed by atoms with E-state index >= 15 is 0 Å². The van der Waals surface area contributed by atoms with E-state index in [1.165, 1.54) is 11.3 Å². The molecule has 2 aromatic carbocycles. The number of carbonyl (C=O) groups excluding carboxylic acids is 1. The van der Waals surface area contributed by atoms with E-state index in [0.717, 1.165) is 5.69 Å². The Bertz CT molecular complexity index is 1520. The summed E-state index contributed by atoms with van der Waals surface area (Å²) in [6.45, 7) is 0. The number of hydrogen-bond donors (Lipinski definition) is 1. The second kappa shape index (κ2) is 8.44. The molecule has 3 heterocycles. The highest BCUT2D eigenvalue weighted by Crippen LogP contribution is 2.23. The number of amides is 1. The number of anilines is 1. The van der Waals surface area contributed by atoms with Crippen molar-refractivity contribution in [3.63, 3.8) is 0 Å². The molecule has 8 heteroatoms. The standard InChI is InChI=1S/C24H16N4O3S/c29-21(16-9-3-1-4-10-16)26-18-15-19-22(31-23(18)30)28(17-11-5-2-6-12-17)24(32-19)27-20-13-7-8-14-25-20/h1-15H,(H,26,29). The molecule has 1 N–H and O–H groups in total. The van der Waals surface area contributed by atoms with Gasteiger partial charge in [-0.15, -0.1) is 0 Å². The Labute approximate surface area is 186 Å². The fourth-order valence-corrected chi connectivity index (χ4v) is 4.18. The predicted octanol–water partition coefficient (Wildman–Crippen LogP) is 4.52. The molecule has 0 aliphatic carbocycles. The van der Waals surface area contributed by atoms with Crippen LogP contribution in [0.5, 0.6) is 0 Å². The minimum atomic E-state index is -0.645. The summed E-state index contributed by atoms with van der Waals surface area (Å²) in [5.74, 6) is 0.145. The lowest BCUT2D eigenvalue weighted by atomic mass is 10.2. The monoisotopic (exact) mass is 440 g/mol. The molecular weight excluding hydrogens is 424 g/mol. The van der Waals surface area contributed by atoms with Gasteiger partial charge in [0.15, 0.2) is 10.6 Å². The normalized spacial score (nSPS) is 11.6. The van der Waals surface area contributed by atoms with Crippen LogP contribution >= 0.6 is 11.3 Å². The molecule has 1 amide bonds. The van der Waals surface area contributed by atoms with Crippen LogP contribution in [0.3, 0.4) is 0 Å². The number of nitrogens with one attached hydrogen (secondary N) is 1. The molecule has 156 valence electrons. The van der Waals surface area contributed by atoms with E-state index in [9.17, 15) is 9.59 Å². The summed E-state index contributed by atoms with van der Waals surface area (Å²) in [7, 11) is 0. The molecule has 0 aliphatic heterocycles. The number of thiazole rings is 1. The fraction of sp³-hybridized carbons (Fsp3) is 0. The van der Waals surface area contributed by atoms with Gasteiger partial charge in [0.1, 0.15) is 5.69 Å². The van der Waals surface area contributed by atoms with E-state index in [-0.39, 0.29) is 11.6 Å². The smallest absolute Gasteiger partial charge is 0.361 e. The highest BCUT2D eigenvalue weighted by atomic mass is 32.1. The number of hydrogen-bond acceptors (Lipinski definition) is 6. The number of benzene rings is 2. The number of rotatable bonds is 4. The molecule has 0 radical (unpaired) electrons. The fourth-order valence-electron chi connectivity index (χ4n) is 3.17. The zero-order valence-electron chi connectivity index (χ0n) is 16.6. The summed E-state index contributed by atoms with van der Waals surface area (Å²) >= 11 is 1.33. The zero-order chi connectivity index (χ0) is 21.9. The second-order valence-electron chi connectivity index (χ2n) is 6.79. The summed E-state index contributed by atoms with van der Waals surface area (Å²) in [5.41, 5.74) is 1.01. The van der Waals surface area contributed by atoms with Crippen LogP contribution < -0.4 is 15.7 Å². The Morgan fingerprint density at radius 3 is 2.41 bits per heavy atom.